The molecule has 0 saturated heterocycles. The monoisotopic (exact) mass is 351 g/mol. The molecule has 0 unspecified atom stereocenters. The molecule has 2 heterocycles. The minimum absolute atomic E-state index is 0.683. The van der Waals surface area contributed by atoms with E-state index in [0.29, 0.717) is 6.54 Å². The summed E-state index contributed by atoms with van der Waals surface area (Å²) in [5.41, 5.74) is 3.18. The molecule has 0 aliphatic heterocycles. The molecule has 0 fully saturated rings. The summed E-state index contributed by atoms with van der Waals surface area (Å²) in [4.78, 5) is 8.61. The smallest absolute Gasteiger partial charge is 0.159 e. The Labute approximate surface area is 154 Å². The van der Waals surface area contributed by atoms with Crippen molar-refractivity contribution in [2.24, 2.45) is 0 Å². The van der Waals surface area contributed by atoms with E-state index in [-0.39, 0.29) is 0 Å². The fraction of sp³-hybridized carbons (Fsp3) is 0.350. The lowest BCUT2D eigenvalue weighted by Crippen LogP contribution is -2.06. The van der Waals surface area contributed by atoms with Crippen LogP contribution in [0, 0.1) is 13.8 Å². The third-order valence-corrected chi connectivity index (χ3v) is 4.04. The molecule has 0 radical (unpaired) electrons. The molecule has 0 bridgehead atoms. The molecule has 0 aliphatic rings. The first-order chi connectivity index (χ1) is 12.7. The Morgan fingerprint density at radius 1 is 1.08 bits per heavy atom. The van der Waals surface area contributed by atoms with E-state index in [1.807, 2.05) is 42.8 Å². The molecule has 6 heteroatoms. The van der Waals surface area contributed by atoms with Gasteiger partial charge in [-0.1, -0.05) is 25.5 Å². The summed E-state index contributed by atoms with van der Waals surface area (Å²) in [7, 11) is 0. The van der Waals surface area contributed by atoms with Gasteiger partial charge in [-0.25, -0.2) is 14.6 Å². The quantitative estimate of drug-likeness (QED) is 0.620. The minimum Gasteiger partial charge on any atom is -0.494 e. The summed E-state index contributed by atoms with van der Waals surface area (Å²) >= 11 is 0. The Bertz CT molecular complexity index is 842. The van der Waals surface area contributed by atoms with Gasteiger partial charge in [0.25, 0.3) is 0 Å². The summed E-state index contributed by atoms with van der Waals surface area (Å²) in [5.74, 6) is 2.44. The van der Waals surface area contributed by atoms with Gasteiger partial charge in [0.1, 0.15) is 17.9 Å². The molecule has 136 valence electrons. The standard InChI is InChI=1S/C20H25N5O/c1-4-5-10-26-18-8-6-17(7-9-18)13-21-19-12-20(23-14-22-19)25-16(3)11-15(2)24-25/h6-9,11-12,14H,4-5,10,13H2,1-3H3,(H,21,22,23). The summed E-state index contributed by atoms with van der Waals surface area (Å²) in [5, 5.41) is 7.80. The Kier molecular flexibility index (Phi) is 5.84. The highest BCUT2D eigenvalue weighted by atomic mass is 16.5. The van der Waals surface area contributed by atoms with Crippen molar-refractivity contribution in [1.82, 2.24) is 19.7 Å². The van der Waals surface area contributed by atoms with Crippen molar-refractivity contribution >= 4 is 5.82 Å². The zero-order valence-corrected chi connectivity index (χ0v) is 15.6. The van der Waals surface area contributed by atoms with Gasteiger partial charge in [0.05, 0.1) is 12.3 Å². The third-order valence-electron chi connectivity index (χ3n) is 4.04. The first kappa shape index (κ1) is 17.9. The number of rotatable bonds is 8. The normalized spacial score (nSPS) is 10.7. The van der Waals surface area contributed by atoms with E-state index in [0.717, 1.165) is 48.2 Å². The van der Waals surface area contributed by atoms with Crippen LogP contribution in [0.15, 0.2) is 42.7 Å². The van der Waals surface area contributed by atoms with Crippen LogP contribution in [0.25, 0.3) is 5.82 Å². The van der Waals surface area contributed by atoms with Gasteiger partial charge in [0.2, 0.25) is 0 Å². The van der Waals surface area contributed by atoms with Gasteiger partial charge in [-0.2, -0.15) is 5.10 Å². The number of ether oxygens (including phenoxy) is 1. The average molecular weight is 351 g/mol. The SMILES string of the molecule is CCCCOc1ccc(CNc2cc(-n3nc(C)cc3C)ncn2)cc1. The first-order valence-electron chi connectivity index (χ1n) is 8.97. The number of aryl methyl sites for hydroxylation is 2. The van der Waals surface area contributed by atoms with Gasteiger partial charge in [0, 0.05) is 18.3 Å². The van der Waals surface area contributed by atoms with E-state index in [1.54, 1.807) is 6.33 Å². The summed E-state index contributed by atoms with van der Waals surface area (Å²) in [6.07, 6.45) is 3.77. The van der Waals surface area contributed by atoms with Gasteiger partial charge in [-0.15, -0.1) is 0 Å². The second-order valence-electron chi connectivity index (χ2n) is 6.30. The van der Waals surface area contributed by atoms with E-state index < -0.39 is 0 Å². The zero-order chi connectivity index (χ0) is 18.4. The second kappa shape index (κ2) is 8.47. The van der Waals surface area contributed by atoms with Crippen molar-refractivity contribution in [2.75, 3.05) is 11.9 Å². The minimum atomic E-state index is 0.683. The summed E-state index contributed by atoms with van der Waals surface area (Å²) < 4.78 is 7.52. The lowest BCUT2D eigenvalue weighted by atomic mass is 10.2. The Balaban J connectivity index is 1.61. The van der Waals surface area contributed by atoms with E-state index in [1.165, 1.54) is 5.56 Å². The van der Waals surface area contributed by atoms with Crippen molar-refractivity contribution < 1.29 is 4.74 Å². The van der Waals surface area contributed by atoms with E-state index in [9.17, 15) is 0 Å². The maximum absolute atomic E-state index is 5.69. The van der Waals surface area contributed by atoms with Crippen LogP contribution in [-0.2, 0) is 6.54 Å². The number of aromatic nitrogens is 4. The third kappa shape index (κ3) is 4.59. The Morgan fingerprint density at radius 3 is 2.58 bits per heavy atom. The van der Waals surface area contributed by atoms with Crippen LogP contribution in [0.2, 0.25) is 0 Å². The van der Waals surface area contributed by atoms with Crippen LogP contribution >= 0.6 is 0 Å². The molecule has 0 saturated carbocycles. The van der Waals surface area contributed by atoms with Crippen LogP contribution in [0.3, 0.4) is 0 Å². The van der Waals surface area contributed by atoms with E-state index in [4.69, 9.17) is 4.74 Å². The predicted molar refractivity (Wildman–Crippen MR) is 103 cm³/mol. The fourth-order valence-corrected chi connectivity index (χ4v) is 2.65. The van der Waals surface area contributed by atoms with Gasteiger partial charge >= 0.3 is 0 Å². The van der Waals surface area contributed by atoms with Crippen molar-refractivity contribution in [2.45, 2.75) is 40.2 Å². The summed E-state index contributed by atoms with van der Waals surface area (Å²) in [6, 6.07) is 12.1. The molecule has 3 aromatic rings. The average Bonchev–Trinajstić information content (AvgIpc) is 3.00. The number of hydrogen-bond acceptors (Lipinski definition) is 5. The highest BCUT2D eigenvalue weighted by molar-refractivity contribution is 5.42. The molecule has 1 aromatic carbocycles. The molecule has 3 rings (SSSR count). The van der Waals surface area contributed by atoms with Crippen LogP contribution in [0.1, 0.15) is 36.7 Å². The number of benzene rings is 1. The molecule has 6 nitrogen and oxygen atoms in total. The highest BCUT2D eigenvalue weighted by Crippen LogP contribution is 2.15. The number of anilines is 1. The summed E-state index contributed by atoms with van der Waals surface area (Å²) in [6.45, 7) is 7.59. The molecular formula is C20H25N5O. The van der Waals surface area contributed by atoms with E-state index >= 15 is 0 Å². The van der Waals surface area contributed by atoms with Crippen LogP contribution < -0.4 is 10.1 Å². The largest absolute Gasteiger partial charge is 0.494 e. The zero-order valence-electron chi connectivity index (χ0n) is 15.6. The molecule has 0 aliphatic carbocycles. The molecule has 26 heavy (non-hydrogen) atoms. The predicted octanol–water partition coefficient (Wildman–Crippen LogP) is 4.07. The van der Waals surface area contributed by atoms with E-state index in [2.05, 4.69) is 39.4 Å². The Hall–Kier alpha value is -2.89. The van der Waals surface area contributed by atoms with Crippen molar-refractivity contribution in [3.05, 3.63) is 59.7 Å². The fourth-order valence-electron chi connectivity index (χ4n) is 2.65. The molecule has 0 amide bonds. The van der Waals surface area contributed by atoms with Gasteiger partial charge in [0.15, 0.2) is 5.82 Å². The molecule has 0 spiro atoms. The maximum atomic E-state index is 5.69. The molecule has 1 N–H and O–H groups in total. The lowest BCUT2D eigenvalue weighted by Gasteiger charge is -2.09. The number of unbranched alkanes of at least 4 members (excludes halogenated alkanes) is 1. The van der Waals surface area contributed by atoms with Gasteiger partial charge < -0.3 is 10.1 Å². The molecule has 2 aromatic heterocycles. The first-order valence-corrected chi connectivity index (χ1v) is 8.97. The number of nitrogens with zero attached hydrogens (tertiary/aromatic N) is 4. The van der Waals surface area contributed by atoms with Crippen molar-refractivity contribution in [3.8, 4) is 11.6 Å². The topological polar surface area (TPSA) is 64.9 Å². The van der Waals surface area contributed by atoms with Crippen molar-refractivity contribution in [1.29, 1.82) is 0 Å². The van der Waals surface area contributed by atoms with Crippen LogP contribution in [-0.4, -0.2) is 26.4 Å². The van der Waals surface area contributed by atoms with Crippen LogP contribution in [0.4, 0.5) is 5.82 Å². The second-order valence-corrected chi connectivity index (χ2v) is 6.30. The maximum Gasteiger partial charge on any atom is 0.159 e. The highest BCUT2D eigenvalue weighted by Gasteiger charge is 2.06. The van der Waals surface area contributed by atoms with Crippen LogP contribution in [0.5, 0.6) is 5.75 Å². The molecule has 0 atom stereocenters. The lowest BCUT2D eigenvalue weighted by molar-refractivity contribution is 0.309. The number of hydrogen-bond donors (Lipinski definition) is 1. The van der Waals surface area contributed by atoms with Gasteiger partial charge in [-0.05, 0) is 44.0 Å². The van der Waals surface area contributed by atoms with Crippen molar-refractivity contribution in [3.63, 3.8) is 0 Å². The molecular weight excluding hydrogens is 326 g/mol. The number of nitrogens with one attached hydrogen (secondary N) is 1. The Morgan fingerprint density at radius 2 is 1.88 bits per heavy atom. The van der Waals surface area contributed by atoms with Gasteiger partial charge in [-0.3, -0.25) is 0 Å².